The van der Waals surface area contributed by atoms with E-state index in [0.29, 0.717) is 5.25 Å². The van der Waals surface area contributed by atoms with Gasteiger partial charge in [0.05, 0.1) is 15.0 Å². The summed E-state index contributed by atoms with van der Waals surface area (Å²) in [7, 11) is -0.683. The summed E-state index contributed by atoms with van der Waals surface area (Å²) in [5.41, 5.74) is 0. The van der Waals surface area contributed by atoms with Crippen LogP contribution in [0.4, 0.5) is 0 Å². The molecule has 0 aromatic carbocycles. The highest BCUT2D eigenvalue weighted by molar-refractivity contribution is 8.19. The molecule has 0 radical (unpaired) electrons. The topological polar surface area (TPSA) is 17.1 Å². The molecule has 0 bridgehead atoms. The molecule has 1 saturated heterocycles. The molecule has 1 aliphatic heterocycles. The van der Waals surface area contributed by atoms with Crippen molar-refractivity contribution >= 4 is 22.6 Å². The van der Waals surface area contributed by atoms with E-state index in [1.54, 1.807) is 11.8 Å². The molecule has 2 atom stereocenters. The lowest BCUT2D eigenvalue weighted by Crippen LogP contribution is -2.04. The third-order valence-electron chi connectivity index (χ3n) is 1.62. The van der Waals surface area contributed by atoms with Gasteiger partial charge in [-0.1, -0.05) is 19.4 Å². The van der Waals surface area contributed by atoms with Gasteiger partial charge in [0.1, 0.15) is 0 Å². The summed E-state index contributed by atoms with van der Waals surface area (Å²) in [5.74, 6) is 1.03. The largest absolute Gasteiger partial charge is 0.254 e. The van der Waals surface area contributed by atoms with Crippen LogP contribution in [-0.4, -0.2) is 15.2 Å². The Hall–Kier alpha value is 0.240. The van der Waals surface area contributed by atoms with E-state index < -0.39 is 10.8 Å². The van der Waals surface area contributed by atoms with Crippen LogP contribution in [0.5, 0.6) is 0 Å². The van der Waals surface area contributed by atoms with E-state index in [2.05, 4.69) is 19.9 Å². The number of allylic oxidation sites excluding steroid dienone is 1. The highest BCUT2D eigenvalue weighted by atomic mass is 32.2. The highest BCUT2D eigenvalue weighted by Gasteiger charge is 2.23. The maximum Gasteiger partial charge on any atom is 0.0679 e. The van der Waals surface area contributed by atoms with Gasteiger partial charge in [-0.3, -0.25) is 4.21 Å². The molecule has 1 rings (SSSR count). The molecule has 1 aliphatic rings. The van der Waals surface area contributed by atoms with Crippen LogP contribution in [0.2, 0.25) is 0 Å². The first kappa shape index (κ1) is 9.33. The van der Waals surface area contributed by atoms with Crippen molar-refractivity contribution in [3.05, 3.63) is 10.3 Å². The zero-order chi connectivity index (χ0) is 8.27. The zero-order valence-corrected chi connectivity index (χ0v) is 8.63. The van der Waals surface area contributed by atoms with Gasteiger partial charge in [0.15, 0.2) is 0 Å². The zero-order valence-electron chi connectivity index (χ0n) is 7.00. The Kier molecular flexibility index (Phi) is 3.66. The van der Waals surface area contributed by atoms with Gasteiger partial charge in [0.25, 0.3) is 0 Å². The van der Waals surface area contributed by atoms with Gasteiger partial charge in [0, 0.05) is 11.0 Å². The maximum absolute atomic E-state index is 11.4. The molecule has 1 fully saturated rings. The summed E-state index contributed by atoms with van der Waals surface area (Å²) < 4.78 is 12.5. The van der Waals surface area contributed by atoms with Crippen LogP contribution in [0.25, 0.3) is 0 Å². The van der Waals surface area contributed by atoms with Crippen molar-refractivity contribution in [1.29, 1.82) is 0 Å². The van der Waals surface area contributed by atoms with Crippen molar-refractivity contribution in [3.63, 3.8) is 0 Å². The number of rotatable bonds is 2. The molecule has 0 saturated carbocycles. The summed E-state index contributed by atoms with van der Waals surface area (Å²) in [6, 6.07) is 0. The fraction of sp³-hybridized carbons (Fsp3) is 0.750. The average Bonchev–Trinajstić information content (AvgIpc) is 2.31. The summed E-state index contributed by atoms with van der Waals surface area (Å²) in [6.07, 6.45) is 4.35. The van der Waals surface area contributed by atoms with Gasteiger partial charge in [-0.25, -0.2) is 0 Å². The van der Waals surface area contributed by atoms with Gasteiger partial charge in [-0.05, 0) is 13.3 Å². The SMILES string of the molecule is CCC/C=C1/SC[C@@H](C)S1=O. The quantitative estimate of drug-likeness (QED) is 0.665. The predicted octanol–water partition coefficient (Wildman–Crippen LogP) is 2.51. The minimum atomic E-state index is -0.683. The number of unbranched alkanes of at least 4 members (excludes halogenated alkanes) is 1. The monoisotopic (exact) mass is 190 g/mol. The van der Waals surface area contributed by atoms with Crippen LogP contribution in [0.15, 0.2) is 10.3 Å². The first-order chi connectivity index (χ1) is 5.25. The van der Waals surface area contributed by atoms with Crippen molar-refractivity contribution in [1.82, 2.24) is 0 Å². The summed E-state index contributed by atoms with van der Waals surface area (Å²) in [6.45, 7) is 4.19. The number of thioether (sulfide) groups is 1. The molecule has 3 heteroatoms. The van der Waals surface area contributed by atoms with Crippen molar-refractivity contribution in [2.75, 3.05) is 5.75 Å². The maximum atomic E-state index is 11.4. The average molecular weight is 190 g/mol. The van der Waals surface area contributed by atoms with Crippen LogP contribution < -0.4 is 0 Å². The van der Waals surface area contributed by atoms with Gasteiger partial charge < -0.3 is 0 Å². The molecule has 1 nitrogen and oxygen atoms in total. The van der Waals surface area contributed by atoms with Gasteiger partial charge in [-0.2, -0.15) is 0 Å². The lowest BCUT2D eigenvalue weighted by Gasteiger charge is -1.95. The Morgan fingerprint density at radius 2 is 2.55 bits per heavy atom. The molecule has 11 heavy (non-hydrogen) atoms. The van der Waals surface area contributed by atoms with Crippen LogP contribution in [0, 0.1) is 0 Å². The first-order valence-electron chi connectivity index (χ1n) is 3.99. The standard InChI is InChI=1S/C8H14OS2/c1-3-4-5-8-10-6-7(2)11(8)9/h5,7H,3-4,6H2,1-2H3/b8-5-/t7-,11?/m1/s1. The normalized spacial score (nSPS) is 34.9. The van der Waals surface area contributed by atoms with E-state index in [1.807, 2.05) is 0 Å². The second kappa shape index (κ2) is 4.31. The first-order valence-corrected chi connectivity index (χ1v) is 6.19. The van der Waals surface area contributed by atoms with E-state index in [-0.39, 0.29) is 0 Å². The lowest BCUT2D eigenvalue weighted by molar-refractivity contribution is 0.683. The van der Waals surface area contributed by atoms with E-state index in [4.69, 9.17) is 0 Å². The second-order valence-electron chi connectivity index (χ2n) is 2.73. The van der Waals surface area contributed by atoms with Gasteiger partial charge >= 0.3 is 0 Å². The Morgan fingerprint density at radius 3 is 3.00 bits per heavy atom. The molecule has 0 amide bonds. The second-order valence-corrected chi connectivity index (χ2v) is 5.89. The molecule has 1 heterocycles. The summed E-state index contributed by atoms with van der Waals surface area (Å²) in [5, 5.41) is 0.364. The molecule has 64 valence electrons. The van der Waals surface area contributed by atoms with E-state index in [0.717, 1.165) is 22.8 Å². The van der Waals surface area contributed by atoms with Crippen molar-refractivity contribution < 1.29 is 4.21 Å². The van der Waals surface area contributed by atoms with Crippen LogP contribution >= 0.6 is 11.8 Å². The van der Waals surface area contributed by atoms with Crippen LogP contribution in [-0.2, 0) is 10.8 Å². The molecule has 0 aromatic heterocycles. The van der Waals surface area contributed by atoms with E-state index in [1.165, 1.54) is 0 Å². The summed E-state index contributed by atoms with van der Waals surface area (Å²) >= 11 is 1.76. The minimum Gasteiger partial charge on any atom is -0.254 e. The van der Waals surface area contributed by atoms with Crippen molar-refractivity contribution in [3.8, 4) is 0 Å². The highest BCUT2D eigenvalue weighted by Crippen LogP contribution is 2.32. The number of hydrogen-bond acceptors (Lipinski definition) is 2. The molecule has 1 unspecified atom stereocenters. The molecule has 0 aromatic rings. The molecule has 0 N–H and O–H groups in total. The smallest absolute Gasteiger partial charge is 0.0679 e. The third-order valence-corrected chi connectivity index (χ3v) is 5.26. The lowest BCUT2D eigenvalue weighted by atomic mass is 10.3. The Bertz CT molecular complexity index is 187. The van der Waals surface area contributed by atoms with Crippen LogP contribution in [0.3, 0.4) is 0 Å². The van der Waals surface area contributed by atoms with E-state index >= 15 is 0 Å². The fourth-order valence-electron chi connectivity index (χ4n) is 0.921. The number of hydrogen-bond donors (Lipinski definition) is 0. The third kappa shape index (κ3) is 2.34. The molecular weight excluding hydrogens is 176 g/mol. The fourth-order valence-corrected chi connectivity index (χ4v) is 4.09. The molecule has 0 aliphatic carbocycles. The van der Waals surface area contributed by atoms with Gasteiger partial charge in [0.2, 0.25) is 0 Å². The Labute approximate surface area is 75.1 Å². The van der Waals surface area contributed by atoms with Crippen molar-refractivity contribution in [2.45, 2.75) is 31.9 Å². The molecule has 0 spiro atoms. The minimum absolute atomic E-state index is 0.364. The van der Waals surface area contributed by atoms with Gasteiger partial charge in [-0.15, -0.1) is 11.8 Å². The summed E-state index contributed by atoms with van der Waals surface area (Å²) in [4.78, 5) is 0. The predicted molar refractivity (Wildman–Crippen MR) is 53.1 cm³/mol. The van der Waals surface area contributed by atoms with E-state index in [9.17, 15) is 4.21 Å². The Morgan fingerprint density at radius 1 is 1.82 bits per heavy atom. The Balaban J connectivity index is 2.54. The van der Waals surface area contributed by atoms with Crippen molar-refractivity contribution in [2.24, 2.45) is 0 Å². The molecular formula is C8H14OS2. The van der Waals surface area contributed by atoms with Crippen LogP contribution in [0.1, 0.15) is 26.7 Å².